The molecule has 1 aliphatic carbocycles. The third-order valence-corrected chi connectivity index (χ3v) is 4.45. The van der Waals surface area contributed by atoms with Crippen LogP contribution in [-0.4, -0.2) is 7.05 Å². The van der Waals surface area contributed by atoms with Gasteiger partial charge in [-0.1, -0.05) is 35.7 Å². The van der Waals surface area contributed by atoms with Crippen LogP contribution in [0.25, 0.3) is 0 Å². The standard InChI is InChI=1S/C14H19BrFN/c1-9-4-3-5-11(9)14(17-2)12-8-10(15)6-7-13(12)16/h6-9,11,14,17H,3-5H2,1-2H3. The van der Waals surface area contributed by atoms with Crippen LogP contribution in [0.5, 0.6) is 0 Å². The zero-order valence-electron chi connectivity index (χ0n) is 10.3. The van der Waals surface area contributed by atoms with Crippen molar-refractivity contribution < 1.29 is 4.39 Å². The summed E-state index contributed by atoms with van der Waals surface area (Å²) in [7, 11) is 1.93. The van der Waals surface area contributed by atoms with Gasteiger partial charge in [0.15, 0.2) is 0 Å². The first-order valence-corrected chi connectivity index (χ1v) is 7.05. The molecule has 3 unspecified atom stereocenters. The van der Waals surface area contributed by atoms with Gasteiger partial charge in [-0.25, -0.2) is 4.39 Å². The molecule has 0 radical (unpaired) electrons. The van der Waals surface area contributed by atoms with Crippen LogP contribution in [0.3, 0.4) is 0 Å². The Morgan fingerprint density at radius 1 is 1.41 bits per heavy atom. The van der Waals surface area contributed by atoms with E-state index in [1.54, 1.807) is 12.1 Å². The quantitative estimate of drug-likeness (QED) is 0.878. The lowest BCUT2D eigenvalue weighted by Crippen LogP contribution is -2.27. The Morgan fingerprint density at radius 3 is 2.76 bits per heavy atom. The van der Waals surface area contributed by atoms with E-state index >= 15 is 0 Å². The van der Waals surface area contributed by atoms with Crippen molar-refractivity contribution in [2.75, 3.05) is 7.05 Å². The van der Waals surface area contributed by atoms with Gasteiger partial charge in [0.2, 0.25) is 0 Å². The Morgan fingerprint density at radius 2 is 2.18 bits per heavy atom. The fourth-order valence-corrected chi connectivity index (χ4v) is 3.40. The van der Waals surface area contributed by atoms with Crippen molar-refractivity contribution in [3.8, 4) is 0 Å². The van der Waals surface area contributed by atoms with Crippen LogP contribution in [0.4, 0.5) is 4.39 Å². The van der Waals surface area contributed by atoms with Gasteiger partial charge < -0.3 is 5.32 Å². The monoisotopic (exact) mass is 299 g/mol. The van der Waals surface area contributed by atoms with E-state index in [4.69, 9.17) is 0 Å². The molecular formula is C14H19BrFN. The molecule has 94 valence electrons. The van der Waals surface area contributed by atoms with E-state index in [1.165, 1.54) is 19.3 Å². The Kier molecular flexibility index (Phi) is 4.21. The summed E-state index contributed by atoms with van der Waals surface area (Å²) in [6.07, 6.45) is 3.72. The summed E-state index contributed by atoms with van der Waals surface area (Å²) in [5, 5.41) is 3.30. The van der Waals surface area contributed by atoms with Crippen LogP contribution in [0, 0.1) is 17.7 Å². The molecule has 0 saturated heterocycles. The number of hydrogen-bond donors (Lipinski definition) is 1. The van der Waals surface area contributed by atoms with E-state index in [0.717, 1.165) is 10.0 Å². The smallest absolute Gasteiger partial charge is 0.128 e. The molecule has 3 atom stereocenters. The van der Waals surface area contributed by atoms with Gasteiger partial charge in [-0.3, -0.25) is 0 Å². The van der Waals surface area contributed by atoms with E-state index in [2.05, 4.69) is 28.2 Å². The molecule has 1 aromatic rings. The van der Waals surface area contributed by atoms with Crippen molar-refractivity contribution in [1.82, 2.24) is 5.32 Å². The third-order valence-electron chi connectivity index (χ3n) is 3.96. The maximum atomic E-state index is 13.9. The lowest BCUT2D eigenvalue weighted by Gasteiger charge is -2.27. The topological polar surface area (TPSA) is 12.0 Å². The summed E-state index contributed by atoms with van der Waals surface area (Å²) in [6, 6.07) is 5.33. The second-order valence-corrected chi connectivity index (χ2v) is 5.92. The lowest BCUT2D eigenvalue weighted by molar-refractivity contribution is 0.308. The predicted octanol–water partition coefficient (Wildman–Crippen LogP) is 4.28. The molecule has 3 heteroatoms. The molecule has 1 aliphatic rings. The van der Waals surface area contributed by atoms with E-state index < -0.39 is 0 Å². The fraction of sp³-hybridized carbons (Fsp3) is 0.571. The van der Waals surface area contributed by atoms with E-state index in [1.807, 2.05) is 13.1 Å². The molecule has 1 saturated carbocycles. The minimum absolute atomic E-state index is 0.105. The Hall–Kier alpha value is -0.410. The Labute approximate surface area is 111 Å². The average Bonchev–Trinajstić information content (AvgIpc) is 2.71. The second-order valence-electron chi connectivity index (χ2n) is 5.00. The van der Waals surface area contributed by atoms with Gasteiger partial charge in [-0.05, 0) is 43.5 Å². The van der Waals surface area contributed by atoms with Crippen molar-refractivity contribution in [3.63, 3.8) is 0 Å². The zero-order valence-corrected chi connectivity index (χ0v) is 11.9. The molecule has 2 rings (SSSR count). The zero-order chi connectivity index (χ0) is 12.4. The highest BCUT2D eigenvalue weighted by Crippen LogP contribution is 2.40. The lowest BCUT2D eigenvalue weighted by atomic mass is 9.86. The van der Waals surface area contributed by atoms with Gasteiger partial charge in [-0.15, -0.1) is 0 Å². The summed E-state index contributed by atoms with van der Waals surface area (Å²) >= 11 is 3.42. The molecule has 17 heavy (non-hydrogen) atoms. The molecular weight excluding hydrogens is 281 g/mol. The van der Waals surface area contributed by atoms with Gasteiger partial charge in [-0.2, -0.15) is 0 Å². The largest absolute Gasteiger partial charge is 0.313 e. The summed E-state index contributed by atoms with van der Waals surface area (Å²) in [4.78, 5) is 0. The minimum Gasteiger partial charge on any atom is -0.313 e. The molecule has 0 aromatic heterocycles. The molecule has 0 bridgehead atoms. The van der Waals surface area contributed by atoms with Crippen LogP contribution in [0.15, 0.2) is 22.7 Å². The average molecular weight is 300 g/mol. The molecule has 1 nitrogen and oxygen atoms in total. The Bertz CT molecular complexity index is 394. The number of halogens is 2. The van der Waals surface area contributed by atoms with E-state index in [9.17, 15) is 4.39 Å². The van der Waals surface area contributed by atoms with Gasteiger partial charge in [0.25, 0.3) is 0 Å². The van der Waals surface area contributed by atoms with Crippen LogP contribution in [0.1, 0.15) is 37.8 Å². The summed E-state index contributed by atoms with van der Waals surface area (Å²) < 4.78 is 14.9. The van der Waals surface area contributed by atoms with Crippen molar-refractivity contribution in [1.29, 1.82) is 0 Å². The first-order valence-electron chi connectivity index (χ1n) is 6.25. The maximum absolute atomic E-state index is 13.9. The number of nitrogens with one attached hydrogen (secondary N) is 1. The van der Waals surface area contributed by atoms with Crippen LogP contribution in [0.2, 0.25) is 0 Å². The van der Waals surface area contributed by atoms with Crippen LogP contribution in [-0.2, 0) is 0 Å². The second kappa shape index (κ2) is 5.49. The molecule has 0 amide bonds. The highest BCUT2D eigenvalue weighted by atomic mass is 79.9. The summed E-state index contributed by atoms with van der Waals surface area (Å²) in [5.74, 6) is 1.11. The number of hydrogen-bond acceptors (Lipinski definition) is 1. The number of rotatable bonds is 3. The Balaban J connectivity index is 2.31. The highest BCUT2D eigenvalue weighted by Gasteiger charge is 2.32. The first kappa shape index (κ1) is 13.0. The number of benzene rings is 1. The maximum Gasteiger partial charge on any atom is 0.128 e. The van der Waals surface area contributed by atoms with E-state index in [-0.39, 0.29) is 11.9 Å². The van der Waals surface area contributed by atoms with Crippen molar-refractivity contribution in [2.24, 2.45) is 11.8 Å². The van der Waals surface area contributed by atoms with Crippen LogP contribution >= 0.6 is 15.9 Å². The van der Waals surface area contributed by atoms with Gasteiger partial charge in [0.1, 0.15) is 5.82 Å². The summed E-state index contributed by atoms with van der Waals surface area (Å²) in [6.45, 7) is 2.28. The van der Waals surface area contributed by atoms with Crippen LogP contribution < -0.4 is 5.32 Å². The molecule has 0 spiro atoms. The summed E-state index contributed by atoms with van der Waals surface area (Å²) in [5.41, 5.74) is 0.792. The SMILES string of the molecule is CNC(c1cc(Br)ccc1F)C1CCCC1C. The molecule has 1 aromatic carbocycles. The van der Waals surface area contributed by atoms with Gasteiger partial charge >= 0.3 is 0 Å². The van der Waals surface area contributed by atoms with Gasteiger partial charge in [0.05, 0.1) is 0 Å². The first-order chi connectivity index (χ1) is 8.13. The van der Waals surface area contributed by atoms with Gasteiger partial charge in [0, 0.05) is 16.1 Å². The van der Waals surface area contributed by atoms with Crippen molar-refractivity contribution in [2.45, 2.75) is 32.2 Å². The highest BCUT2D eigenvalue weighted by molar-refractivity contribution is 9.10. The van der Waals surface area contributed by atoms with Crippen molar-refractivity contribution in [3.05, 3.63) is 34.1 Å². The predicted molar refractivity (Wildman–Crippen MR) is 72.4 cm³/mol. The molecule has 0 aliphatic heterocycles. The molecule has 1 N–H and O–H groups in total. The fourth-order valence-electron chi connectivity index (χ4n) is 3.02. The van der Waals surface area contributed by atoms with E-state index in [0.29, 0.717) is 11.8 Å². The molecule has 0 heterocycles. The third kappa shape index (κ3) is 2.71. The molecule has 1 fully saturated rings. The normalized spacial score (nSPS) is 26.1. The van der Waals surface area contributed by atoms with Crippen molar-refractivity contribution >= 4 is 15.9 Å². The minimum atomic E-state index is -0.105.